The Hall–Kier alpha value is -2.00. The van der Waals surface area contributed by atoms with Crippen molar-refractivity contribution in [1.29, 1.82) is 5.41 Å². The topological polar surface area (TPSA) is 53.1 Å². The SMILES string of the molecule is Cc1cccc(CN(C)c2ccc(C(=N)N)c(Cl)c2)c1. The molecule has 0 fully saturated rings. The lowest BCUT2D eigenvalue weighted by Crippen LogP contribution is -2.17. The highest BCUT2D eigenvalue weighted by molar-refractivity contribution is 6.34. The van der Waals surface area contributed by atoms with Gasteiger partial charge in [0.05, 0.1) is 5.02 Å². The van der Waals surface area contributed by atoms with Crippen LogP contribution in [0.1, 0.15) is 16.7 Å². The van der Waals surface area contributed by atoms with E-state index in [1.165, 1.54) is 11.1 Å². The van der Waals surface area contributed by atoms with Gasteiger partial charge in [-0.2, -0.15) is 0 Å². The molecule has 0 aliphatic carbocycles. The van der Waals surface area contributed by atoms with Gasteiger partial charge in [0, 0.05) is 24.8 Å². The number of aryl methyl sites for hydroxylation is 1. The molecule has 4 heteroatoms. The lowest BCUT2D eigenvalue weighted by Gasteiger charge is -2.20. The molecule has 0 spiro atoms. The van der Waals surface area contributed by atoms with Crippen molar-refractivity contribution >= 4 is 23.1 Å². The molecule has 2 aromatic rings. The van der Waals surface area contributed by atoms with Gasteiger partial charge in [0.1, 0.15) is 5.84 Å². The van der Waals surface area contributed by atoms with Crippen LogP contribution in [0.5, 0.6) is 0 Å². The highest BCUT2D eigenvalue weighted by Crippen LogP contribution is 2.24. The van der Waals surface area contributed by atoms with E-state index in [9.17, 15) is 0 Å². The fourth-order valence-electron chi connectivity index (χ4n) is 2.14. The van der Waals surface area contributed by atoms with E-state index < -0.39 is 0 Å². The third kappa shape index (κ3) is 3.31. The molecule has 0 bridgehead atoms. The van der Waals surface area contributed by atoms with E-state index in [2.05, 4.69) is 36.1 Å². The minimum atomic E-state index is -0.0112. The Bertz CT molecular complexity index is 637. The molecule has 20 heavy (non-hydrogen) atoms. The summed E-state index contributed by atoms with van der Waals surface area (Å²) < 4.78 is 0. The summed E-state index contributed by atoms with van der Waals surface area (Å²) in [6.07, 6.45) is 0. The average Bonchev–Trinajstić information content (AvgIpc) is 2.38. The molecule has 0 atom stereocenters. The van der Waals surface area contributed by atoms with E-state index in [-0.39, 0.29) is 5.84 Å². The number of hydrogen-bond donors (Lipinski definition) is 2. The van der Waals surface area contributed by atoms with E-state index in [1.54, 1.807) is 6.07 Å². The van der Waals surface area contributed by atoms with Gasteiger partial charge >= 0.3 is 0 Å². The van der Waals surface area contributed by atoms with Crippen molar-refractivity contribution in [3.05, 3.63) is 64.2 Å². The quantitative estimate of drug-likeness (QED) is 0.667. The van der Waals surface area contributed by atoms with Crippen LogP contribution in [0.4, 0.5) is 5.69 Å². The summed E-state index contributed by atoms with van der Waals surface area (Å²) in [7, 11) is 2.02. The molecule has 0 amide bonds. The maximum atomic E-state index is 7.44. The van der Waals surface area contributed by atoms with E-state index in [0.717, 1.165) is 12.2 Å². The highest BCUT2D eigenvalue weighted by atomic mass is 35.5. The first-order valence-electron chi connectivity index (χ1n) is 6.38. The maximum Gasteiger partial charge on any atom is 0.124 e. The summed E-state index contributed by atoms with van der Waals surface area (Å²) >= 11 is 6.15. The molecule has 0 saturated carbocycles. The number of nitrogen functional groups attached to an aromatic ring is 1. The summed E-state index contributed by atoms with van der Waals surface area (Å²) in [5, 5.41) is 7.94. The van der Waals surface area contributed by atoms with Gasteiger partial charge in [0.25, 0.3) is 0 Å². The standard InChI is InChI=1S/C16H18ClN3/c1-11-4-3-5-12(8-11)10-20(2)13-6-7-14(16(18)19)15(17)9-13/h3-9H,10H2,1-2H3,(H3,18,19). The van der Waals surface area contributed by atoms with E-state index >= 15 is 0 Å². The molecule has 104 valence electrons. The van der Waals surface area contributed by atoms with Gasteiger partial charge < -0.3 is 10.6 Å². The fourth-order valence-corrected chi connectivity index (χ4v) is 2.41. The number of rotatable bonds is 4. The van der Waals surface area contributed by atoms with Crippen LogP contribution < -0.4 is 10.6 Å². The second-order valence-electron chi connectivity index (χ2n) is 4.92. The number of halogens is 1. The first-order valence-corrected chi connectivity index (χ1v) is 6.76. The van der Waals surface area contributed by atoms with Crippen molar-refractivity contribution < 1.29 is 0 Å². The molecule has 0 aromatic heterocycles. The van der Waals surface area contributed by atoms with Crippen molar-refractivity contribution in [2.24, 2.45) is 5.73 Å². The molecular formula is C16H18ClN3. The van der Waals surface area contributed by atoms with Crippen molar-refractivity contribution in [1.82, 2.24) is 0 Å². The molecule has 0 heterocycles. The number of nitrogens with two attached hydrogens (primary N) is 1. The minimum absolute atomic E-state index is 0.0112. The van der Waals surface area contributed by atoms with Crippen LogP contribution in [-0.4, -0.2) is 12.9 Å². The molecule has 2 aromatic carbocycles. The Morgan fingerprint density at radius 2 is 2.00 bits per heavy atom. The molecular weight excluding hydrogens is 270 g/mol. The van der Waals surface area contributed by atoms with E-state index in [0.29, 0.717) is 10.6 Å². The summed E-state index contributed by atoms with van der Waals surface area (Å²) in [6.45, 7) is 2.89. The molecule has 2 rings (SSSR count). The number of anilines is 1. The minimum Gasteiger partial charge on any atom is -0.384 e. The fraction of sp³-hybridized carbons (Fsp3) is 0.188. The van der Waals surface area contributed by atoms with Crippen molar-refractivity contribution in [2.45, 2.75) is 13.5 Å². The lowest BCUT2D eigenvalue weighted by molar-refractivity contribution is 0.921. The zero-order chi connectivity index (χ0) is 14.7. The summed E-state index contributed by atoms with van der Waals surface area (Å²) in [5.74, 6) is -0.0112. The summed E-state index contributed by atoms with van der Waals surface area (Å²) in [5.41, 5.74) is 9.54. The normalized spacial score (nSPS) is 10.3. The van der Waals surface area contributed by atoms with E-state index in [4.69, 9.17) is 22.7 Å². The monoisotopic (exact) mass is 287 g/mol. The van der Waals surface area contributed by atoms with Crippen LogP contribution in [0.2, 0.25) is 5.02 Å². The van der Waals surface area contributed by atoms with Gasteiger partial charge in [-0.3, -0.25) is 5.41 Å². The Kier molecular flexibility index (Phi) is 4.30. The van der Waals surface area contributed by atoms with Gasteiger partial charge in [-0.1, -0.05) is 41.4 Å². The zero-order valence-electron chi connectivity index (χ0n) is 11.7. The molecule has 3 N–H and O–H groups in total. The second-order valence-corrected chi connectivity index (χ2v) is 5.33. The predicted molar refractivity (Wildman–Crippen MR) is 85.8 cm³/mol. The molecule has 3 nitrogen and oxygen atoms in total. The first kappa shape index (κ1) is 14.4. The smallest absolute Gasteiger partial charge is 0.124 e. The van der Waals surface area contributed by atoms with Gasteiger partial charge in [-0.25, -0.2) is 0 Å². The Morgan fingerprint density at radius 1 is 1.25 bits per heavy atom. The van der Waals surface area contributed by atoms with Crippen LogP contribution in [0.25, 0.3) is 0 Å². The number of benzene rings is 2. The second kappa shape index (κ2) is 5.97. The van der Waals surface area contributed by atoms with E-state index in [1.807, 2.05) is 19.2 Å². The summed E-state index contributed by atoms with van der Waals surface area (Å²) in [4.78, 5) is 2.12. The van der Waals surface area contributed by atoms with Crippen molar-refractivity contribution in [3.8, 4) is 0 Å². The predicted octanol–water partition coefficient (Wildman–Crippen LogP) is 3.57. The molecule has 0 radical (unpaired) electrons. The molecule has 0 saturated heterocycles. The van der Waals surface area contributed by atoms with Crippen LogP contribution >= 0.6 is 11.6 Å². The van der Waals surface area contributed by atoms with Crippen LogP contribution in [0.3, 0.4) is 0 Å². The number of amidine groups is 1. The Balaban J connectivity index is 2.19. The lowest BCUT2D eigenvalue weighted by atomic mass is 10.1. The zero-order valence-corrected chi connectivity index (χ0v) is 12.4. The Labute approximate surface area is 124 Å². The first-order chi connectivity index (χ1) is 9.47. The third-order valence-electron chi connectivity index (χ3n) is 3.19. The van der Waals surface area contributed by atoms with Gasteiger partial charge in [0.2, 0.25) is 0 Å². The third-order valence-corrected chi connectivity index (χ3v) is 3.50. The average molecular weight is 288 g/mol. The molecule has 0 aliphatic rings. The number of hydrogen-bond acceptors (Lipinski definition) is 2. The van der Waals surface area contributed by atoms with Crippen LogP contribution in [0.15, 0.2) is 42.5 Å². The van der Waals surface area contributed by atoms with Crippen molar-refractivity contribution in [3.63, 3.8) is 0 Å². The largest absolute Gasteiger partial charge is 0.384 e. The highest BCUT2D eigenvalue weighted by Gasteiger charge is 2.08. The van der Waals surface area contributed by atoms with Crippen molar-refractivity contribution in [2.75, 3.05) is 11.9 Å². The van der Waals surface area contributed by atoms with Gasteiger partial charge in [-0.05, 0) is 30.7 Å². The molecule has 0 unspecified atom stereocenters. The molecule has 0 aliphatic heterocycles. The number of nitrogens with zero attached hydrogens (tertiary/aromatic N) is 1. The van der Waals surface area contributed by atoms with Crippen LogP contribution in [0, 0.1) is 12.3 Å². The maximum absolute atomic E-state index is 7.44. The Morgan fingerprint density at radius 3 is 2.60 bits per heavy atom. The summed E-state index contributed by atoms with van der Waals surface area (Å²) in [6, 6.07) is 14.0. The van der Waals surface area contributed by atoms with Crippen LogP contribution in [-0.2, 0) is 6.54 Å². The van der Waals surface area contributed by atoms with Gasteiger partial charge in [-0.15, -0.1) is 0 Å². The number of nitrogens with one attached hydrogen (secondary N) is 1. The van der Waals surface area contributed by atoms with Gasteiger partial charge in [0.15, 0.2) is 0 Å².